The van der Waals surface area contributed by atoms with E-state index in [9.17, 15) is 0 Å². The normalized spacial score (nSPS) is 11.4. The lowest BCUT2D eigenvalue weighted by Gasteiger charge is -2.12. The maximum atomic E-state index is 5.33. The van der Waals surface area contributed by atoms with Crippen LogP contribution in [-0.2, 0) is 6.42 Å². The highest BCUT2D eigenvalue weighted by Gasteiger charge is 2.07. The Morgan fingerprint density at radius 3 is 2.65 bits per heavy atom. The molecule has 0 saturated heterocycles. The van der Waals surface area contributed by atoms with Crippen molar-refractivity contribution in [3.63, 3.8) is 0 Å². The Morgan fingerprint density at radius 1 is 1.41 bits per heavy atom. The lowest BCUT2D eigenvalue weighted by Crippen LogP contribution is -2.24. The van der Waals surface area contributed by atoms with Gasteiger partial charge in [-0.05, 0) is 30.0 Å². The highest BCUT2D eigenvalue weighted by atomic mass is 127. The Labute approximate surface area is 128 Å². The molecule has 1 rings (SSSR count). The van der Waals surface area contributed by atoms with E-state index >= 15 is 0 Å². The highest BCUT2D eigenvalue weighted by molar-refractivity contribution is 14.0. The molecule has 0 aromatic heterocycles. The third-order valence-corrected chi connectivity index (χ3v) is 3.02. The predicted octanol–water partition coefficient (Wildman–Crippen LogP) is 2.91. The molecule has 1 aromatic rings. The third kappa shape index (κ3) is 6.88. The van der Waals surface area contributed by atoms with Gasteiger partial charge in [-0.25, -0.2) is 0 Å². The number of nitrogens with two attached hydrogens (primary N) is 2. The Hall–Kier alpha value is -0.300. The first-order valence-electron chi connectivity index (χ1n) is 5.41. The van der Waals surface area contributed by atoms with Crippen molar-refractivity contribution in [2.75, 3.05) is 6.54 Å². The fourth-order valence-electron chi connectivity index (χ4n) is 1.57. The van der Waals surface area contributed by atoms with Gasteiger partial charge in [0.25, 0.3) is 0 Å². The van der Waals surface area contributed by atoms with Crippen LogP contribution >= 0.6 is 39.9 Å². The zero-order valence-electron chi connectivity index (χ0n) is 9.90. The summed E-state index contributed by atoms with van der Waals surface area (Å²) in [5.41, 5.74) is 12.0. The van der Waals surface area contributed by atoms with Crippen LogP contribution in [0.25, 0.3) is 0 Å². The molecule has 0 aliphatic rings. The first-order chi connectivity index (χ1) is 7.61. The second-order valence-electron chi connectivity index (χ2n) is 3.87. The van der Waals surface area contributed by atoms with Gasteiger partial charge < -0.3 is 11.5 Å². The molecule has 96 valence electrons. The van der Waals surface area contributed by atoms with Crippen LogP contribution in [0.1, 0.15) is 18.9 Å². The van der Waals surface area contributed by atoms with E-state index in [4.69, 9.17) is 11.5 Å². The number of hydrogen-bond donors (Lipinski definition) is 2. The highest BCUT2D eigenvalue weighted by Crippen LogP contribution is 2.17. The molecule has 0 radical (unpaired) electrons. The van der Waals surface area contributed by atoms with E-state index in [1.54, 1.807) is 0 Å². The van der Waals surface area contributed by atoms with Crippen molar-refractivity contribution in [1.29, 1.82) is 0 Å². The molecule has 1 aromatic carbocycles. The largest absolute Gasteiger partial charge is 0.370 e. The van der Waals surface area contributed by atoms with E-state index in [2.05, 4.69) is 40.0 Å². The van der Waals surface area contributed by atoms with Crippen LogP contribution in [0.4, 0.5) is 0 Å². The quantitative estimate of drug-likeness (QED) is 0.444. The standard InChI is InChI=1S/C12H18BrN3.HI/c1-2-9(8-16-12(14)15)6-10-4-3-5-11(13)7-10;/h3-5,7,9H,2,6,8H2,1H3,(H4,14,15,16);1H. The first kappa shape index (κ1) is 16.7. The lowest BCUT2D eigenvalue weighted by molar-refractivity contribution is 0.519. The smallest absolute Gasteiger partial charge is 0.185 e. The van der Waals surface area contributed by atoms with Gasteiger partial charge in [0.15, 0.2) is 5.96 Å². The van der Waals surface area contributed by atoms with Crippen LogP contribution in [0, 0.1) is 5.92 Å². The monoisotopic (exact) mass is 411 g/mol. The molecule has 0 fully saturated rings. The SMILES string of the molecule is CCC(CN=C(N)N)Cc1cccc(Br)c1.I. The minimum Gasteiger partial charge on any atom is -0.370 e. The van der Waals surface area contributed by atoms with Crippen molar-refractivity contribution in [3.05, 3.63) is 34.3 Å². The van der Waals surface area contributed by atoms with Crippen LogP contribution in [0.5, 0.6) is 0 Å². The van der Waals surface area contributed by atoms with Crippen LogP contribution < -0.4 is 11.5 Å². The number of rotatable bonds is 5. The minimum atomic E-state index is 0. The molecule has 3 nitrogen and oxygen atoms in total. The van der Waals surface area contributed by atoms with Gasteiger partial charge in [-0.3, -0.25) is 4.99 Å². The number of halogens is 2. The van der Waals surface area contributed by atoms with E-state index in [0.717, 1.165) is 17.3 Å². The van der Waals surface area contributed by atoms with Crippen molar-refractivity contribution in [2.24, 2.45) is 22.4 Å². The summed E-state index contributed by atoms with van der Waals surface area (Å²) < 4.78 is 1.11. The summed E-state index contributed by atoms with van der Waals surface area (Å²) in [6.07, 6.45) is 2.08. The molecule has 17 heavy (non-hydrogen) atoms. The third-order valence-electron chi connectivity index (χ3n) is 2.52. The number of aliphatic imine (C=N–C) groups is 1. The summed E-state index contributed by atoms with van der Waals surface area (Å²) in [7, 11) is 0. The van der Waals surface area contributed by atoms with Gasteiger partial charge in [0.2, 0.25) is 0 Å². The van der Waals surface area contributed by atoms with E-state index < -0.39 is 0 Å². The minimum absolute atomic E-state index is 0. The molecule has 0 heterocycles. The number of hydrogen-bond acceptors (Lipinski definition) is 1. The van der Waals surface area contributed by atoms with Crippen LogP contribution in [-0.4, -0.2) is 12.5 Å². The molecule has 0 spiro atoms. The summed E-state index contributed by atoms with van der Waals surface area (Å²) >= 11 is 3.47. The molecule has 0 amide bonds. The molecular weight excluding hydrogens is 393 g/mol. The summed E-state index contributed by atoms with van der Waals surface area (Å²) in [5, 5.41) is 0. The Bertz CT molecular complexity index is 365. The molecule has 1 atom stereocenters. The second-order valence-corrected chi connectivity index (χ2v) is 4.79. The van der Waals surface area contributed by atoms with E-state index in [-0.39, 0.29) is 29.9 Å². The average Bonchev–Trinajstić information content (AvgIpc) is 2.24. The van der Waals surface area contributed by atoms with Gasteiger partial charge >= 0.3 is 0 Å². The van der Waals surface area contributed by atoms with E-state index in [0.29, 0.717) is 12.5 Å². The zero-order chi connectivity index (χ0) is 12.0. The molecule has 0 bridgehead atoms. The fourth-order valence-corrected chi connectivity index (χ4v) is 2.02. The molecule has 4 N–H and O–H groups in total. The fraction of sp³-hybridized carbons (Fsp3) is 0.417. The molecule has 5 heteroatoms. The zero-order valence-corrected chi connectivity index (χ0v) is 13.8. The van der Waals surface area contributed by atoms with Gasteiger partial charge in [0.05, 0.1) is 0 Å². The Morgan fingerprint density at radius 2 is 2.12 bits per heavy atom. The van der Waals surface area contributed by atoms with E-state index in [1.165, 1.54) is 5.56 Å². The molecule has 1 unspecified atom stereocenters. The van der Waals surface area contributed by atoms with Gasteiger partial charge in [-0.2, -0.15) is 0 Å². The molecule has 0 aliphatic heterocycles. The van der Waals surface area contributed by atoms with Crippen LogP contribution in [0.3, 0.4) is 0 Å². The van der Waals surface area contributed by atoms with Crippen molar-refractivity contribution < 1.29 is 0 Å². The Kier molecular flexibility index (Phi) is 8.59. The Balaban J connectivity index is 0.00000256. The molecule has 0 aliphatic carbocycles. The molecule has 0 saturated carbocycles. The summed E-state index contributed by atoms with van der Waals surface area (Å²) in [6, 6.07) is 8.34. The van der Waals surface area contributed by atoms with Gasteiger partial charge in [0, 0.05) is 11.0 Å². The number of nitrogens with zero attached hydrogens (tertiary/aromatic N) is 1. The van der Waals surface area contributed by atoms with Crippen molar-refractivity contribution in [2.45, 2.75) is 19.8 Å². The summed E-state index contributed by atoms with van der Waals surface area (Å²) in [6.45, 7) is 2.86. The predicted molar refractivity (Wildman–Crippen MR) is 87.7 cm³/mol. The number of guanidine groups is 1. The topological polar surface area (TPSA) is 64.4 Å². The number of benzene rings is 1. The molecular formula is C12H19BrIN3. The summed E-state index contributed by atoms with van der Waals surface area (Å²) in [5.74, 6) is 0.670. The summed E-state index contributed by atoms with van der Waals surface area (Å²) in [4.78, 5) is 4.07. The lowest BCUT2D eigenvalue weighted by atomic mass is 9.97. The van der Waals surface area contributed by atoms with Crippen molar-refractivity contribution in [3.8, 4) is 0 Å². The maximum absolute atomic E-state index is 5.33. The van der Waals surface area contributed by atoms with Gasteiger partial charge in [0.1, 0.15) is 0 Å². The van der Waals surface area contributed by atoms with Gasteiger partial charge in [-0.15, -0.1) is 24.0 Å². The van der Waals surface area contributed by atoms with Crippen molar-refractivity contribution >= 4 is 45.9 Å². The van der Waals surface area contributed by atoms with E-state index in [1.807, 2.05) is 12.1 Å². The van der Waals surface area contributed by atoms with Crippen LogP contribution in [0.15, 0.2) is 33.7 Å². The average molecular weight is 412 g/mol. The maximum Gasteiger partial charge on any atom is 0.185 e. The second kappa shape index (κ2) is 8.74. The van der Waals surface area contributed by atoms with Crippen molar-refractivity contribution in [1.82, 2.24) is 0 Å². The van der Waals surface area contributed by atoms with Gasteiger partial charge in [-0.1, -0.05) is 41.4 Å². The van der Waals surface area contributed by atoms with Crippen LogP contribution in [0.2, 0.25) is 0 Å². The first-order valence-corrected chi connectivity index (χ1v) is 6.21.